The van der Waals surface area contributed by atoms with Crippen LogP contribution in [0.3, 0.4) is 0 Å². The van der Waals surface area contributed by atoms with Gasteiger partial charge in [0.1, 0.15) is 10.0 Å². The molecule has 3 heterocycles. The maximum atomic E-state index is 12.8. The second kappa shape index (κ2) is 8.80. The number of amides is 1. The van der Waals surface area contributed by atoms with E-state index < -0.39 is 27.9 Å². The van der Waals surface area contributed by atoms with Gasteiger partial charge in [0.2, 0.25) is 10.0 Å². The number of nitrogens with zero attached hydrogens (tertiary/aromatic N) is 3. The number of nitrogens with one attached hydrogen (secondary N) is 1. The van der Waals surface area contributed by atoms with Crippen molar-refractivity contribution in [3.63, 3.8) is 0 Å². The first-order valence-electron chi connectivity index (χ1n) is 9.82. The lowest BCUT2D eigenvalue weighted by Crippen LogP contribution is -2.48. The van der Waals surface area contributed by atoms with Gasteiger partial charge in [0.15, 0.2) is 0 Å². The minimum absolute atomic E-state index is 0.0582. The van der Waals surface area contributed by atoms with Crippen LogP contribution in [0.4, 0.5) is 23.8 Å². The van der Waals surface area contributed by atoms with Gasteiger partial charge in [-0.3, -0.25) is 0 Å². The number of rotatable bonds is 5. The summed E-state index contributed by atoms with van der Waals surface area (Å²) >= 11 is 1.06. The fourth-order valence-corrected chi connectivity index (χ4v) is 5.92. The summed E-state index contributed by atoms with van der Waals surface area (Å²) in [4.78, 5) is 18.7. The van der Waals surface area contributed by atoms with Crippen LogP contribution in [0.2, 0.25) is 0 Å². The van der Waals surface area contributed by atoms with E-state index in [4.69, 9.17) is 5.11 Å². The molecule has 2 N–H and O–H groups in total. The number of alkyl halides is 3. The van der Waals surface area contributed by atoms with E-state index in [1.807, 2.05) is 4.90 Å². The molecule has 13 heteroatoms. The standard InChI is InChI=1S/C20H19F3N4O4S2/c21-20(22,23)14-3-1-13(2-4-14)12-25-33(30,31)17-11-15-16(32-17)5-6-24-18(15)26-7-9-27(10-8-26)19(28)29/h1-6,11,25H,7-10,12H2,(H,28,29). The molecular weight excluding hydrogens is 481 g/mol. The Balaban J connectivity index is 1.51. The van der Waals surface area contributed by atoms with Crippen LogP contribution in [-0.4, -0.2) is 55.7 Å². The lowest BCUT2D eigenvalue weighted by molar-refractivity contribution is -0.137. The number of carboxylic acid groups (broad SMARTS) is 1. The van der Waals surface area contributed by atoms with E-state index in [2.05, 4.69) is 9.71 Å². The smallest absolute Gasteiger partial charge is 0.416 e. The van der Waals surface area contributed by atoms with Crippen molar-refractivity contribution >= 4 is 43.4 Å². The van der Waals surface area contributed by atoms with Crippen molar-refractivity contribution in [3.8, 4) is 0 Å². The Labute approximate surface area is 191 Å². The predicted molar refractivity (Wildman–Crippen MR) is 117 cm³/mol. The normalized spacial score (nSPS) is 15.2. The molecule has 1 saturated heterocycles. The summed E-state index contributed by atoms with van der Waals surface area (Å²) in [7, 11) is -3.91. The minimum Gasteiger partial charge on any atom is -0.465 e. The monoisotopic (exact) mass is 500 g/mol. The molecule has 2 aromatic heterocycles. The quantitative estimate of drug-likeness (QED) is 0.555. The number of halogens is 3. The highest BCUT2D eigenvalue weighted by Gasteiger charge is 2.30. The third-order valence-corrected chi connectivity index (χ3v) is 8.24. The van der Waals surface area contributed by atoms with Crippen molar-refractivity contribution < 1.29 is 31.5 Å². The minimum atomic E-state index is -4.46. The molecule has 176 valence electrons. The van der Waals surface area contributed by atoms with Crippen LogP contribution in [-0.2, 0) is 22.7 Å². The van der Waals surface area contributed by atoms with Gasteiger partial charge in [0.05, 0.1) is 5.56 Å². The Morgan fingerprint density at radius 3 is 2.39 bits per heavy atom. The van der Waals surface area contributed by atoms with E-state index >= 15 is 0 Å². The molecule has 0 saturated carbocycles. The first-order chi connectivity index (χ1) is 15.5. The van der Waals surface area contributed by atoms with E-state index in [-0.39, 0.29) is 10.8 Å². The lowest BCUT2D eigenvalue weighted by Gasteiger charge is -2.34. The number of sulfonamides is 1. The van der Waals surface area contributed by atoms with Crippen molar-refractivity contribution in [1.82, 2.24) is 14.6 Å². The molecule has 0 atom stereocenters. The summed E-state index contributed by atoms with van der Waals surface area (Å²) in [6.45, 7) is 1.34. The van der Waals surface area contributed by atoms with Crippen molar-refractivity contribution in [2.45, 2.75) is 16.9 Å². The van der Waals surface area contributed by atoms with Gasteiger partial charge < -0.3 is 14.9 Å². The van der Waals surface area contributed by atoms with Gasteiger partial charge in [-0.2, -0.15) is 13.2 Å². The fraction of sp³-hybridized carbons (Fsp3) is 0.300. The Bertz CT molecular complexity index is 1270. The lowest BCUT2D eigenvalue weighted by atomic mass is 10.1. The number of aromatic nitrogens is 1. The van der Waals surface area contributed by atoms with Gasteiger partial charge in [0.25, 0.3) is 0 Å². The molecule has 0 unspecified atom stereocenters. The third kappa shape index (κ3) is 5.04. The van der Waals surface area contributed by atoms with Crippen LogP contribution < -0.4 is 9.62 Å². The molecule has 1 aliphatic heterocycles. The summed E-state index contributed by atoms with van der Waals surface area (Å²) in [5.74, 6) is 0.581. The zero-order chi connectivity index (χ0) is 23.8. The molecule has 0 bridgehead atoms. The molecule has 33 heavy (non-hydrogen) atoms. The van der Waals surface area contributed by atoms with Gasteiger partial charge in [-0.25, -0.2) is 22.9 Å². The molecule has 1 fully saturated rings. The summed E-state index contributed by atoms with van der Waals surface area (Å²) < 4.78 is 66.9. The first kappa shape index (κ1) is 23.3. The number of hydrogen-bond acceptors (Lipinski definition) is 6. The van der Waals surface area contributed by atoms with Crippen molar-refractivity contribution in [1.29, 1.82) is 0 Å². The molecule has 0 aliphatic carbocycles. The van der Waals surface area contributed by atoms with Crippen molar-refractivity contribution in [2.24, 2.45) is 0 Å². The van der Waals surface area contributed by atoms with E-state index in [9.17, 15) is 26.4 Å². The molecule has 0 radical (unpaired) electrons. The van der Waals surface area contributed by atoms with E-state index in [1.165, 1.54) is 23.1 Å². The Hall–Kier alpha value is -2.90. The Kier molecular flexibility index (Phi) is 6.20. The van der Waals surface area contributed by atoms with Crippen LogP contribution >= 0.6 is 11.3 Å². The number of thiophene rings is 1. The highest BCUT2D eigenvalue weighted by Crippen LogP contribution is 2.34. The first-order valence-corrected chi connectivity index (χ1v) is 12.1. The molecule has 3 aromatic rings. The average Bonchev–Trinajstić information content (AvgIpc) is 3.23. The number of hydrogen-bond donors (Lipinski definition) is 2. The number of piperazine rings is 1. The Morgan fingerprint density at radius 2 is 1.79 bits per heavy atom. The van der Waals surface area contributed by atoms with Gasteiger partial charge in [-0.1, -0.05) is 12.1 Å². The largest absolute Gasteiger partial charge is 0.465 e. The molecule has 1 amide bonds. The van der Waals surface area contributed by atoms with E-state index in [0.29, 0.717) is 47.6 Å². The maximum Gasteiger partial charge on any atom is 0.416 e. The van der Waals surface area contributed by atoms with Crippen LogP contribution in [0, 0.1) is 0 Å². The van der Waals surface area contributed by atoms with Gasteiger partial charge >= 0.3 is 12.3 Å². The number of fused-ring (bicyclic) bond motifs is 1. The molecule has 8 nitrogen and oxygen atoms in total. The average molecular weight is 501 g/mol. The van der Waals surface area contributed by atoms with Gasteiger partial charge in [-0.05, 0) is 29.8 Å². The zero-order valence-corrected chi connectivity index (χ0v) is 18.7. The second-order valence-electron chi connectivity index (χ2n) is 7.39. The van der Waals surface area contributed by atoms with Gasteiger partial charge in [-0.15, -0.1) is 11.3 Å². The van der Waals surface area contributed by atoms with Crippen LogP contribution in [0.1, 0.15) is 11.1 Å². The second-order valence-corrected chi connectivity index (χ2v) is 10.5. The van der Waals surface area contributed by atoms with E-state index in [1.54, 1.807) is 12.3 Å². The highest BCUT2D eigenvalue weighted by molar-refractivity contribution is 7.91. The number of benzene rings is 1. The third-order valence-electron chi connectivity index (χ3n) is 5.26. The SMILES string of the molecule is O=C(O)N1CCN(c2nccc3sc(S(=O)(=O)NCc4ccc(C(F)(F)F)cc4)cc23)CC1. The number of pyridine rings is 1. The van der Waals surface area contributed by atoms with Crippen molar-refractivity contribution in [2.75, 3.05) is 31.1 Å². The predicted octanol–water partition coefficient (Wildman–Crippen LogP) is 3.59. The Morgan fingerprint density at radius 1 is 1.12 bits per heavy atom. The molecule has 1 aliphatic rings. The summed E-state index contributed by atoms with van der Waals surface area (Å²) in [5, 5.41) is 9.75. The highest BCUT2D eigenvalue weighted by atomic mass is 32.2. The number of carbonyl (C=O) groups is 1. The van der Waals surface area contributed by atoms with Crippen molar-refractivity contribution in [3.05, 3.63) is 53.7 Å². The van der Waals surface area contributed by atoms with E-state index in [0.717, 1.165) is 23.5 Å². The molecule has 0 spiro atoms. The maximum absolute atomic E-state index is 12.8. The summed E-state index contributed by atoms with van der Waals surface area (Å²) in [5.41, 5.74) is -0.408. The summed E-state index contributed by atoms with van der Waals surface area (Å²) in [6, 6.07) is 7.49. The molecule has 1 aromatic carbocycles. The van der Waals surface area contributed by atoms with Crippen LogP contribution in [0.25, 0.3) is 10.1 Å². The van der Waals surface area contributed by atoms with Crippen LogP contribution in [0.5, 0.6) is 0 Å². The van der Waals surface area contributed by atoms with Crippen LogP contribution in [0.15, 0.2) is 46.8 Å². The molecular formula is C20H19F3N4O4S2. The fourth-order valence-electron chi connectivity index (χ4n) is 3.48. The summed E-state index contributed by atoms with van der Waals surface area (Å²) in [6.07, 6.45) is -3.87. The van der Waals surface area contributed by atoms with Gasteiger partial charge in [0, 0.05) is 49.0 Å². The number of anilines is 1. The topological polar surface area (TPSA) is 103 Å². The zero-order valence-electron chi connectivity index (χ0n) is 17.0. The molecule has 4 rings (SSSR count).